The van der Waals surface area contributed by atoms with Crippen LogP contribution in [0, 0.1) is 0 Å². The quantitative estimate of drug-likeness (QED) is 0.741. The van der Waals surface area contributed by atoms with Gasteiger partial charge in [0.1, 0.15) is 0 Å². The fourth-order valence-electron chi connectivity index (χ4n) is 1.99. The van der Waals surface area contributed by atoms with Crippen molar-refractivity contribution in [3.05, 3.63) is 59.7 Å². The fourth-order valence-corrected chi connectivity index (χ4v) is 3.69. The van der Waals surface area contributed by atoms with Gasteiger partial charge in [-0.2, -0.15) is 26.3 Å². The van der Waals surface area contributed by atoms with Gasteiger partial charge in [0.25, 0.3) is 0 Å². The summed E-state index contributed by atoms with van der Waals surface area (Å²) in [4.78, 5) is -2.44. The van der Waals surface area contributed by atoms with Crippen molar-refractivity contribution in [3.63, 3.8) is 0 Å². The Bertz CT molecular complexity index is 758. The maximum absolute atomic E-state index is 12.9. The molecule has 0 aliphatic heterocycles. The predicted octanol–water partition coefficient (Wildman–Crippen LogP) is 4.56. The van der Waals surface area contributed by atoms with Gasteiger partial charge in [-0.05, 0) is 24.3 Å². The van der Waals surface area contributed by atoms with Gasteiger partial charge in [0, 0.05) is 0 Å². The fraction of sp³-hybridized carbons (Fsp3) is 0.143. The van der Waals surface area contributed by atoms with E-state index in [4.69, 9.17) is 0 Å². The molecule has 0 bridgehead atoms. The minimum Gasteiger partial charge on any atom is -0.218 e. The molecule has 0 spiro atoms. The van der Waals surface area contributed by atoms with Gasteiger partial charge in [-0.25, -0.2) is 8.42 Å². The van der Waals surface area contributed by atoms with E-state index in [-0.39, 0.29) is 0 Å². The van der Waals surface area contributed by atoms with Crippen molar-refractivity contribution in [2.24, 2.45) is 0 Å². The van der Waals surface area contributed by atoms with E-state index in [2.05, 4.69) is 0 Å². The minimum atomic E-state index is -5.02. The first-order valence-electron chi connectivity index (χ1n) is 6.03. The van der Waals surface area contributed by atoms with E-state index in [1.165, 1.54) is 0 Å². The Morgan fingerprint density at radius 3 is 1.22 bits per heavy atom. The van der Waals surface area contributed by atoms with Crippen LogP contribution in [0.4, 0.5) is 26.3 Å². The third kappa shape index (κ3) is 3.34. The summed E-state index contributed by atoms with van der Waals surface area (Å²) in [6, 6.07) is 6.20. The van der Waals surface area contributed by atoms with Crippen LogP contribution < -0.4 is 0 Å². The molecule has 2 aromatic carbocycles. The molecule has 0 unspecified atom stereocenters. The van der Waals surface area contributed by atoms with E-state index in [1.54, 1.807) is 0 Å². The van der Waals surface area contributed by atoms with E-state index in [9.17, 15) is 34.8 Å². The maximum atomic E-state index is 12.9. The van der Waals surface area contributed by atoms with Crippen molar-refractivity contribution in [1.29, 1.82) is 0 Å². The van der Waals surface area contributed by atoms with Crippen LogP contribution in [0.3, 0.4) is 0 Å². The zero-order chi connectivity index (χ0) is 17.5. The molecule has 0 saturated carbocycles. The Morgan fingerprint density at radius 2 is 0.913 bits per heavy atom. The average Bonchev–Trinajstić information content (AvgIpc) is 2.45. The molecule has 2 nitrogen and oxygen atoms in total. The standard InChI is InChI=1S/C14H8F6O2S/c15-13(16,17)9-5-1-3-7-11(9)23(21,22)12-8-4-2-6-10(12)14(18,19)20/h1-8H. The average molecular weight is 354 g/mol. The SMILES string of the molecule is O=S(=O)(c1ccccc1C(F)(F)F)c1ccccc1C(F)(F)F. The normalized spacial score (nSPS) is 13.1. The highest BCUT2D eigenvalue weighted by molar-refractivity contribution is 7.91. The van der Waals surface area contributed by atoms with E-state index < -0.39 is 43.1 Å². The van der Waals surface area contributed by atoms with Gasteiger partial charge in [-0.15, -0.1) is 0 Å². The number of benzene rings is 2. The van der Waals surface area contributed by atoms with Crippen LogP contribution in [-0.2, 0) is 22.2 Å². The lowest BCUT2D eigenvalue weighted by Gasteiger charge is -2.16. The van der Waals surface area contributed by atoms with Crippen molar-refractivity contribution in [2.75, 3.05) is 0 Å². The molecular formula is C14H8F6O2S. The van der Waals surface area contributed by atoms with Crippen LogP contribution in [0.5, 0.6) is 0 Å². The molecular weight excluding hydrogens is 346 g/mol. The van der Waals surface area contributed by atoms with Crippen LogP contribution in [0.25, 0.3) is 0 Å². The molecule has 0 saturated heterocycles. The number of rotatable bonds is 2. The second-order valence-electron chi connectivity index (χ2n) is 4.49. The number of halogens is 6. The summed E-state index contributed by atoms with van der Waals surface area (Å²) in [7, 11) is -5.01. The first-order chi connectivity index (χ1) is 10.5. The van der Waals surface area contributed by atoms with E-state index in [1.807, 2.05) is 0 Å². The van der Waals surface area contributed by atoms with Gasteiger partial charge in [0.15, 0.2) is 0 Å². The molecule has 0 aliphatic carbocycles. The first kappa shape index (κ1) is 17.3. The number of hydrogen-bond donors (Lipinski definition) is 0. The lowest BCUT2D eigenvalue weighted by molar-refractivity contribution is -0.140. The zero-order valence-corrected chi connectivity index (χ0v) is 11.9. The summed E-state index contributed by atoms with van der Waals surface area (Å²) >= 11 is 0. The summed E-state index contributed by atoms with van der Waals surface area (Å²) in [6.45, 7) is 0. The van der Waals surface area contributed by atoms with Gasteiger partial charge in [-0.3, -0.25) is 0 Å². The van der Waals surface area contributed by atoms with E-state index in [0.717, 1.165) is 24.3 Å². The molecule has 9 heteroatoms. The van der Waals surface area contributed by atoms with Crippen LogP contribution >= 0.6 is 0 Å². The van der Waals surface area contributed by atoms with Gasteiger partial charge in [0.2, 0.25) is 9.84 Å². The Balaban J connectivity index is 2.77. The molecule has 0 aliphatic rings. The van der Waals surface area contributed by atoms with Crippen molar-refractivity contribution in [3.8, 4) is 0 Å². The topological polar surface area (TPSA) is 34.1 Å². The first-order valence-corrected chi connectivity index (χ1v) is 7.51. The third-order valence-electron chi connectivity index (χ3n) is 2.96. The van der Waals surface area contributed by atoms with Crippen molar-refractivity contribution >= 4 is 9.84 Å². The molecule has 0 radical (unpaired) electrons. The second-order valence-corrected chi connectivity index (χ2v) is 6.38. The lowest BCUT2D eigenvalue weighted by Crippen LogP contribution is -2.17. The molecule has 0 heterocycles. The molecule has 0 atom stereocenters. The molecule has 2 aromatic rings. The van der Waals surface area contributed by atoms with Crippen molar-refractivity contribution in [2.45, 2.75) is 22.1 Å². The summed E-state index contributed by atoms with van der Waals surface area (Å²) in [5.74, 6) is 0. The van der Waals surface area contributed by atoms with Crippen LogP contribution in [0.2, 0.25) is 0 Å². The monoisotopic (exact) mass is 354 g/mol. The Hall–Kier alpha value is -2.03. The molecule has 0 fully saturated rings. The smallest absolute Gasteiger partial charge is 0.218 e. The third-order valence-corrected chi connectivity index (χ3v) is 4.83. The van der Waals surface area contributed by atoms with E-state index >= 15 is 0 Å². The zero-order valence-electron chi connectivity index (χ0n) is 11.1. The summed E-state index contributed by atoms with van der Waals surface area (Å²) in [6.07, 6.45) is -10.0. The van der Waals surface area contributed by atoms with Gasteiger partial charge in [0.05, 0.1) is 20.9 Å². The highest BCUT2D eigenvalue weighted by Gasteiger charge is 2.41. The Kier molecular flexibility index (Phi) is 4.18. The second kappa shape index (κ2) is 5.55. The van der Waals surface area contributed by atoms with Crippen LogP contribution in [-0.4, -0.2) is 8.42 Å². The Labute approximate surface area is 127 Å². The van der Waals surface area contributed by atoms with Crippen LogP contribution in [0.15, 0.2) is 58.3 Å². The molecule has 0 aromatic heterocycles. The summed E-state index contributed by atoms with van der Waals surface area (Å²) in [5, 5.41) is 0. The Morgan fingerprint density at radius 1 is 0.609 bits per heavy atom. The lowest BCUT2D eigenvalue weighted by atomic mass is 10.2. The molecule has 2 rings (SSSR count). The molecule has 0 amide bonds. The molecule has 0 N–H and O–H groups in total. The van der Waals surface area contributed by atoms with E-state index in [0.29, 0.717) is 24.3 Å². The summed E-state index contributed by atoms with van der Waals surface area (Å²) < 4.78 is 102. The predicted molar refractivity (Wildman–Crippen MR) is 68.3 cm³/mol. The number of alkyl halides is 6. The van der Waals surface area contributed by atoms with Gasteiger partial charge < -0.3 is 0 Å². The van der Waals surface area contributed by atoms with Gasteiger partial charge in [-0.1, -0.05) is 24.3 Å². The summed E-state index contributed by atoms with van der Waals surface area (Å²) in [5.41, 5.74) is -3.03. The highest BCUT2D eigenvalue weighted by Crippen LogP contribution is 2.40. The van der Waals surface area contributed by atoms with Crippen molar-refractivity contribution < 1.29 is 34.8 Å². The highest BCUT2D eigenvalue weighted by atomic mass is 32.2. The van der Waals surface area contributed by atoms with Crippen molar-refractivity contribution in [1.82, 2.24) is 0 Å². The molecule has 124 valence electrons. The largest absolute Gasteiger partial charge is 0.417 e. The molecule has 23 heavy (non-hydrogen) atoms. The number of sulfone groups is 1. The maximum Gasteiger partial charge on any atom is 0.417 e. The van der Waals surface area contributed by atoms with Gasteiger partial charge >= 0.3 is 12.4 Å². The van der Waals surface area contributed by atoms with Crippen LogP contribution in [0.1, 0.15) is 11.1 Å². The minimum absolute atomic E-state index is 0.503. The number of hydrogen-bond acceptors (Lipinski definition) is 2.